The summed E-state index contributed by atoms with van der Waals surface area (Å²) in [5.74, 6) is -0.510. The van der Waals surface area contributed by atoms with Gasteiger partial charge in [0, 0.05) is 23.1 Å². The first-order chi connectivity index (χ1) is 9.43. The van der Waals surface area contributed by atoms with E-state index in [1.54, 1.807) is 0 Å². The van der Waals surface area contributed by atoms with Crippen molar-refractivity contribution in [2.24, 2.45) is 0 Å². The third kappa shape index (κ3) is 2.97. The van der Waals surface area contributed by atoms with Crippen LogP contribution in [0.5, 0.6) is 5.75 Å². The van der Waals surface area contributed by atoms with Gasteiger partial charge in [-0.1, -0.05) is 41.5 Å². The minimum atomic E-state index is -0.840. The maximum atomic E-state index is 11.1. The predicted octanol–water partition coefficient (Wildman–Crippen LogP) is 4.23. The summed E-state index contributed by atoms with van der Waals surface area (Å²) in [5.41, 5.74) is 3.65. The van der Waals surface area contributed by atoms with Gasteiger partial charge in [-0.3, -0.25) is 0 Å². The van der Waals surface area contributed by atoms with Gasteiger partial charge < -0.3 is 10.2 Å². The smallest absolute Gasteiger partial charge is 0.332 e. The summed E-state index contributed by atoms with van der Waals surface area (Å²) in [6.07, 6.45) is 0.535. The van der Waals surface area contributed by atoms with Gasteiger partial charge in [-0.05, 0) is 34.1 Å². The van der Waals surface area contributed by atoms with Gasteiger partial charge >= 0.3 is 5.97 Å². The Bertz CT molecular complexity index is 602. The predicted molar refractivity (Wildman–Crippen MR) is 84.7 cm³/mol. The van der Waals surface area contributed by atoms with Gasteiger partial charge in [-0.2, -0.15) is 0 Å². The molecule has 0 radical (unpaired) electrons. The molecule has 3 nitrogen and oxygen atoms in total. The molecule has 0 fully saturated rings. The molecule has 0 aliphatic heterocycles. The monoisotopic (exact) mass is 288 g/mol. The summed E-state index contributed by atoms with van der Waals surface area (Å²) in [6.45, 7) is 12.3. The number of phenols is 1. The van der Waals surface area contributed by atoms with Gasteiger partial charge in [0.2, 0.25) is 0 Å². The molecule has 114 valence electrons. The zero-order valence-electron chi connectivity index (χ0n) is 13.7. The summed E-state index contributed by atoms with van der Waals surface area (Å²) in [6, 6.07) is 3.88. The maximum absolute atomic E-state index is 11.1. The van der Waals surface area contributed by atoms with Crippen LogP contribution >= 0.6 is 0 Å². The van der Waals surface area contributed by atoms with Crippen LogP contribution in [0.4, 0.5) is 0 Å². The lowest BCUT2D eigenvalue weighted by atomic mass is 9.78. The van der Waals surface area contributed by atoms with Crippen LogP contribution < -0.4 is 0 Å². The van der Waals surface area contributed by atoms with Crippen LogP contribution in [0.1, 0.15) is 64.7 Å². The zero-order valence-corrected chi connectivity index (χ0v) is 13.7. The van der Waals surface area contributed by atoms with E-state index in [1.807, 2.05) is 12.1 Å². The SMILES string of the molecule is CC(C)(C)c1cc(C2=C(C(=O)O)C2)cc(C(C)(C)C)c1O. The molecule has 3 heteroatoms. The molecule has 1 aliphatic rings. The number of hydrogen-bond acceptors (Lipinski definition) is 2. The Morgan fingerprint density at radius 1 is 1.00 bits per heavy atom. The van der Waals surface area contributed by atoms with Gasteiger partial charge in [-0.15, -0.1) is 0 Å². The number of allylic oxidation sites excluding steroid dienone is 1. The van der Waals surface area contributed by atoms with Gasteiger partial charge in [0.25, 0.3) is 0 Å². The molecule has 21 heavy (non-hydrogen) atoms. The Morgan fingerprint density at radius 3 is 1.71 bits per heavy atom. The van der Waals surface area contributed by atoms with Crippen LogP contribution in [0.2, 0.25) is 0 Å². The van der Waals surface area contributed by atoms with Crippen molar-refractivity contribution < 1.29 is 15.0 Å². The fourth-order valence-electron chi connectivity index (χ4n) is 2.57. The molecule has 0 bridgehead atoms. The van der Waals surface area contributed by atoms with Gasteiger partial charge in [0.15, 0.2) is 0 Å². The highest BCUT2D eigenvalue weighted by atomic mass is 16.4. The molecule has 0 atom stereocenters. The van der Waals surface area contributed by atoms with Crippen LogP contribution in [0, 0.1) is 0 Å². The molecule has 0 heterocycles. The van der Waals surface area contributed by atoms with Crippen molar-refractivity contribution >= 4 is 11.5 Å². The topological polar surface area (TPSA) is 57.5 Å². The van der Waals surface area contributed by atoms with E-state index in [2.05, 4.69) is 41.5 Å². The van der Waals surface area contributed by atoms with E-state index < -0.39 is 5.97 Å². The van der Waals surface area contributed by atoms with E-state index in [9.17, 15) is 9.90 Å². The number of aromatic hydroxyl groups is 1. The fraction of sp³-hybridized carbons (Fsp3) is 0.500. The highest BCUT2D eigenvalue weighted by Gasteiger charge is 2.33. The molecule has 0 amide bonds. The number of rotatable bonds is 2. The summed E-state index contributed by atoms with van der Waals surface area (Å²) in [7, 11) is 0. The number of phenolic OH excluding ortho intramolecular Hbond substituents is 1. The second-order valence-corrected chi connectivity index (χ2v) is 7.86. The third-order valence-corrected chi connectivity index (χ3v) is 3.93. The lowest BCUT2D eigenvalue weighted by Crippen LogP contribution is -2.17. The Labute approximate surface area is 126 Å². The minimum absolute atomic E-state index is 0.196. The third-order valence-electron chi connectivity index (χ3n) is 3.93. The average molecular weight is 288 g/mol. The van der Waals surface area contributed by atoms with Crippen molar-refractivity contribution in [2.75, 3.05) is 0 Å². The van der Waals surface area contributed by atoms with Crippen molar-refractivity contribution in [3.8, 4) is 5.75 Å². The fourth-order valence-corrected chi connectivity index (χ4v) is 2.57. The highest BCUT2D eigenvalue weighted by molar-refractivity contribution is 6.07. The van der Waals surface area contributed by atoms with Crippen molar-refractivity contribution in [1.82, 2.24) is 0 Å². The Kier molecular flexibility index (Phi) is 3.43. The molecule has 1 aliphatic carbocycles. The number of carboxylic acids is 1. The largest absolute Gasteiger partial charge is 0.507 e. The maximum Gasteiger partial charge on any atom is 0.332 e. The molecule has 0 spiro atoms. The summed E-state index contributed by atoms with van der Waals surface area (Å²) in [4.78, 5) is 11.1. The van der Waals surface area contributed by atoms with E-state index in [-0.39, 0.29) is 10.8 Å². The van der Waals surface area contributed by atoms with Crippen molar-refractivity contribution in [3.05, 3.63) is 34.4 Å². The molecule has 2 rings (SSSR count). The van der Waals surface area contributed by atoms with Crippen molar-refractivity contribution in [2.45, 2.75) is 58.8 Å². The molecule has 0 unspecified atom stereocenters. The number of carboxylic acid groups (broad SMARTS) is 1. The van der Waals surface area contributed by atoms with E-state index in [1.165, 1.54) is 0 Å². The summed E-state index contributed by atoms with van der Waals surface area (Å²) < 4.78 is 0. The lowest BCUT2D eigenvalue weighted by Gasteiger charge is -2.28. The van der Waals surface area contributed by atoms with E-state index in [0.29, 0.717) is 17.7 Å². The molecule has 0 saturated heterocycles. The van der Waals surface area contributed by atoms with Crippen LogP contribution in [0.3, 0.4) is 0 Å². The van der Waals surface area contributed by atoms with Gasteiger partial charge in [0.05, 0.1) is 0 Å². The Hall–Kier alpha value is -1.77. The first-order valence-electron chi connectivity index (χ1n) is 7.26. The van der Waals surface area contributed by atoms with Crippen LogP contribution in [0.15, 0.2) is 17.7 Å². The molecular weight excluding hydrogens is 264 g/mol. The highest BCUT2D eigenvalue weighted by Crippen LogP contribution is 2.46. The molecule has 0 saturated carbocycles. The minimum Gasteiger partial charge on any atom is -0.507 e. The first kappa shape index (κ1) is 15.6. The van der Waals surface area contributed by atoms with Crippen LogP contribution in [-0.4, -0.2) is 16.2 Å². The first-order valence-corrected chi connectivity index (χ1v) is 7.26. The molecule has 1 aromatic carbocycles. The average Bonchev–Trinajstić information content (AvgIpc) is 3.05. The van der Waals surface area contributed by atoms with Crippen LogP contribution in [0.25, 0.3) is 5.57 Å². The molecule has 1 aromatic rings. The van der Waals surface area contributed by atoms with Gasteiger partial charge in [0.1, 0.15) is 5.75 Å². The molecular formula is C18H24O3. The van der Waals surface area contributed by atoms with Crippen molar-refractivity contribution in [1.29, 1.82) is 0 Å². The Morgan fingerprint density at radius 2 is 1.43 bits per heavy atom. The number of hydrogen-bond donors (Lipinski definition) is 2. The Balaban J connectivity index is 2.67. The quantitative estimate of drug-likeness (QED) is 0.856. The summed E-state index contributed by atoms with van der Waals surface area (Å²) >= 11 is 0. The standard InChI is InChI=1S/C18H24O3/c1-17(2,3)13-7-10(11-9-12(11)16(20)21)8-14(15(13)19)18(4,5)6/h7-8,19H,9H2,1-6H3,(H,20,21). The normalized spacial score (nSPS) is 15.3. The van der Waals surface area contributed by atoms with E-state index in [4.69, 9.17) is 5.11 Å². The zero-order chi connectivity index (χ0) is 16.2. The van der Waals surface area contributed by atoms with Gasteiger partial charge in [-0.25, -0.2) is 4.79 Å². The second-order valence-electron chi connectivity index (χ2n) is 7.86. The second kappa shape index (κ2) is 4.62. The number of benzene rings is 1. The molecule has 0 aromatic heterocycles. The summed E-state index contributed by atoms with van der Waals surface area (Å²) in [5, 5.41) is 19.7. The van der Waals surface area contributed by atoms with E-state index >= 15 is 0 Å². The lowest BCUT2D eigenvalue weighted by molar-refractivity contribution is -0.132. The number of carbonyl (C=O) groups is 1. The van der Waals surface area contributed by atoms with E-state index in [0.717, 1.165) is 22.3 Å². The number of aliphatic carboxylic acids is 1. The molecule has 2 N–H and O–H groups in total. The van der Waals surface area contributed by atoms with Crippen molar-refractivity contribution in [3.63, 3.8) is 0 Å². The van der Waals surface area contributed by atoms with Crippen LogP contribution in [-0.2, 0) is 15.6 Å².